The molecule has 16 heavy (non-hydrogen) atoms. The zero-order chi connectivity index (χ0) is 13.7. The number of para-hydroxylation sites is 2. The first-order chi connectivity index (χ1) is 8.89. The van der Waals surface area contributed by atoms with Gasteiger partial charge in [0.05, 0.1) is 12.0 Å². The second-order valence-corrected chi connectivity index (χ2v) is 3.22. The average Bonchev–Trinajstić information content (AvgIpc) is 2.58. The molecular weight excluding hydrogens is 228 g/mol. The zero-order valence-corrected chi connectivity index (χ0v) is 9.08. The SMILES string of the molecule is Cl.[2H]C1([2H])N=C(C2COc3ccccc3O2)NC1([2H])[2H]. The number of amidine groups is 1. The lowest BCUT2D eigenvalue weighted by atomic mass is 10.2. The number of rotatable bonds is 1. The van der Waals surface area contributed by atoms with Gasteiger partial charge in [-0.05, 0) is 12.1 Å². The third kappa shape index (κ3) is 1.93. The van der Waals surface area contributed by atoms with Crippen LogP contribution >= 0.6 is 12.4 Å². The van der Waals surface area contributed by atoms with E-state index in [2.05, 4.69) is 10.3 Å². The van der Waals surface area contributed by atoms with Gasteiger partial charge in [-0.2, -0.15) is 0 Å². The van der Waals surface area contributed by atoms with Gasteiger partial charge in [0.15, 0.2) is 17.6 Å². The van der Waals surface area contributed by atoms with Crippen LogP contribution in [0.1, 0.15) is 5.48 Å². The van der Waals surface area contributed by atoms with Gasteiger partial charge in [0.2, 0.25) is 0 Å². The number of benzene rings is 1. The van der Waals surface area contributed by atoms with Gasteiger partial charge in [0.25, 0.3) is 0 Å². The molecule has 1 aromatic carbocycles. The van der Waals surface area contributed by atoms with Gasteiger partial charge >= 0.3 is 0 Å². The predicted octanol–water partition coefficient (Wildman–Crippen LogP) is 1.25. The van der Waals surface area contributed by atoms with E-state index in [9.17, 15) is 0 Å². The van der Waals surface area contributed by atoms with Gasteiger partial charge in [-0.1, -0.05) is 12.1 Å². The summed E-state index contributed by atoms with van der Waals surface area (Å²) in [6.07, 6.45) is -0.637. The van der Waals surface area contributed by atoms with Crippen molar-refractivity contribution in [2.24, 2.45) is 4.99 Å². The minimum absolute atomic E-state index is 0. The lowest BCUT2D eigenvalue weighted by molar-refractivity contribution is 0.133. The van der Waals surface area contributed by atoms with Crippen molar-refractivity contribution in [3.8, 4) is 11.5 Å². The lowest BCUT2D eigenvalue weighted by Crippen LogP contribution is -2.42. The molecular formula is C11H13ClN2O2. The minimum atomic E-state index is -2.32. The number of fused-ring (bicyclic) bond motifs is 1. The fourth-order valence-electron chi connectivity index (χ4n) is 1.51. The summed E-state index contributed by atoms with van der Waals surface area (Å²) in [5.74, 6) is 1.28. The fourth-order valence-corrected chi connectivity index (χ4v) is 1.51. The van der Waals surface area contributed by atoms with E-state index in [-0.39, 0.29) is 24.8 Å². The van der Waals surface area contributed by atoms with Crippen LogP contribution in [0.2, 0.25) is 0 Å². The maximum absolute atomic E-state index is 7.55. The number of hydrogen-bond donors (Lipinski definition) is 1. The summed E-state index contributed by atoms with van der Waals surface area (Å²) in [6, 6.07) is 7.13. The third-order valence-corrected chi connectivity index (χ3v) is 2.24. The first-order valence-corrected chi connectivity index (χ1v) is 4.65. The second kappa shape index (κ2) is 4.61. The van der Waals surface area contributed by atoms with Crippen molar-refractivity contribution in [1.29, 1.82) is 0 Å². The Bertz CT molecular complexity index is 553. The first-order valence-electron chi connectivity index (χ1n) is 6.65. The van der Waals surface area contributed by atoms with Crippen LogP contribution in [0.4, 0.5) is 0 Å². The van der Waals surface area contributed by atoms with Crippen LogP contribution in [-0.4, -0.2) is 31.5 Å². The quantitative estimate of drug-likeness (QED) is 0.809. The molecule has 5 heteroatoms. The molecule has 0 aromatic heterocycles. The maximum Gasteiger partial charge on any atom is 0.189 e. The molecule has 1 aromatic rings. The molecule has 1 N–H and O–H groups in total. The van der Waals surface area contributed by atoms with Crippen LogP contribution in [-0.2, 0) is 0 Å². The zero-order valence-electron chi connectivity index (χ0n) is 12.3. The Balaban J connectivity index is 0.00000147. The Morgan fingerprint density at radius 3 is 2.94 bits per heavy atom. The molecule has 2 aliphatic heterocycles. The molecule has 0 aliphatic carbocycles. The summed E-state index contributed by atoms with van der Waals surface area (Å²) in [5.41, 5.74) is 0. The van der Waals surface area contributed by atoms with E-state index >= 15 is 0 Å². The normalized spacial score (nSPS) is 31.8. The molecule has 2 heterocycles. The first kappa shape index (κ1) is 7.01. The molecule has 0 spiro atoms. The van der Waals surface area contributed by atoms with E-state index in [0.29, 0.717) is 11.5 Å². The van der Waals surface area contributed by atoms with Crippen molar-refractivity contribution in [2.45, 2.75) is 6.10 Å². The van der Waals surface area contributed by atoms with E-state index in [4.69, 9.17) is 15.0 Å². The molecule has 0 fully saturated rings. The molecule has 0 saturated heterocycles. The largest absolute Gasteiger partial charge is 0.485 e. The standard InChI is InChI=1S/C11H12N2O2.ClH/c1-2-4-9-8(3-1)14-7-10(15-9)11-12-5-6-13-11;/h1-4,10H,5-7H2,(H,12,13);1H/i5D2,6D2;. The number of ether oxygens (including phenoxy) is 2. The number of aliphatic imine (C=N–C) groups is 1. The molecule has 0 bridgehead atoms. The summed E-state index contributed by atoms with van der Waals surface area (Å²) in [4.78, 5) is 3.73. The van der Waals surface area contributed by atoms with Gasteiger partial charge in [-0.15, -0.1) is 12.4 Å². The highest BCUT2D eigenvalue weighted by Gasteiger charge is 2.26. The summed E-state index contributed by atoms with van der Waals surface area (Å²) >= 11 is 0. The Hall–Kier alpha value is -1.42. The summed E-state index contributed by atoms with van der Waals surface area (Å²) in [6.45, 7) is -4.40. The monoisotopic (exact) mass is 244 g/mol. The van der Waals surface area contributed by atoms with Crippen molar-refractivity contribution in [3.05, 3.63) is 24.3 Å². The van der Waals surface area contributed by atoms with Crippen LogP contribution in [0.25, 0.3) is 0 Å². The van der Waals surface area contributed by atoms with Crippen molar-refractivity contribution < 1.29 is 15.0 Å². The van der Waals surface area contributed by atoms with Crippen LogP contribution in [0.3, 0.4) is 0 Å². The van der Waals surface area contributed by atoms with Crippen LogP contribution in [0, 0.1) is 0 Å². The van der Waals surface area contributed by atoms with E-state index in [1.54, 1.807) is 18.2 Å². The second-order valence-electron chi connectivity index (χ2n) is 3.22. The lowest BCUT2D eigenvalue weighted by Gasteiger charge is -2.26. The van der Waals surface area contributed by atoms with Crippen molar-refractivity contribution in [2.75, 3.05) is 19.6 Å². The molecule has 4 nitrogen and oxygen atoms in total. The molecule has 3 rings (SSSR count). The van der Waals surface area contributed by atoms with Crippen LogP contribution in [0.5, 0.6) is 11.5 Å². The third-order valence-electron chi connectivity index (χ3n) is 2.24. The average molecular weight is 245 g/mol. The Kier molecular flexibility index (Phi) is 2.02. The van der Waals surface area contributed by atoms with E-state index < -0.39 is 19.1 Å². The summed E-state index contributed by atoms with van der Waals surface area (Å²) in [7, 11) is 0. The molecule has 1 atom stereocenters. The highest BCUT2D eigenvalue weighted by atomic mass is 35.5. The predicted molar refractivity (Wildman–Crippen MR) is 63.9 cm³/mol. The highest BCUT2D eigenvalue weighted by Crippen LogP contribution is 2.31. The van der Waals surface area contributed by atoms with Gasteiger partial charge in [0, 0.05) is 6.50 Å². The van der Waals surface area contributed by atoms with Crippen molar-refractivity contribution in [1.82, 2.24) is 5.32 Å². The number of nitrogens with zero attached hydrogens (tertiary/aromatic N) is 1. The van der Waals surface area contributed by atoms with Crippen molar-refractivity contribution in [3.63, 3.8) is 0 Å². The Morgan fingerprint density at radius 2 is 2.19 bits per heavy atom. The molecule has 0 radical (unpaired) electrons. The Morgan fingerprint density at radius 1 is 1.38 bits per heavy atom. The number of hydrogen-bond acceptors (Lipinski definition) is 4. The van der Waals surface area contributed by atoms with Gasteiger partial charge < -0.3 is 14.8 Å². The van der Waals surface area contributed by atoms with E-state index in [1.807, 2.05) is 6.07 Å². The van der Waals surface area contributed by atoms with Gasteiger partial charge in [-0.25, -0.2) is 0 Å². The highest BCUT2D eigenvalue weighted by molar-refractivity contribution is 5.88. The number of nitrogens with one attached hydrogen (secondary N) is 1. The minimum Gasteiger partial charge on any atom is -0.485 e. The van der Waals surface area contributed by atoms with Crippen LogP contribution in [0.15, 0.2) is 29.3 Å². The van der Waals surface area contributed by atoms with E-state index in [0.717, 1.165) is 0 Å². The number of halogens is 1. The fraction of sp³-hybridized carbons (Fsp3) is 0.364. The summed E-state index contributed by atoms with van der Waals surface area (Å²) in [5, 5.41) is 2.42. The van der Waals surface area contributed by atoms with Crippen LogP contribution < -0.4 is 14.8 Å². The van der Waals surface area contributed by atoms with Gasteiger partial charge in [0.1, 0.15) is 12.4 Å². The van der Waals surface area contributed by atoms with Gasteiger partial charge in [-0.3, -0.25) is 4.99 Å². The molecule has 86 valence electrons. The summed E-state index contributed by atoms with van der Waals surface area (Å²) < 4.78 is 41.3. The van der Waals surface area contributed by atoms with Crippen molar-refractivity contribution >= 4 is 18.2 Å². The Labute approximate surface area is 106 Å². The van der Waals surface area contributed by atoms with E-state index in [1.165, 1.54) is 0 Å². The molecule has 2 aliphatic rings. The molecule has 0 saturated carbocycles. The maximum atomic E-state index is 7.55. The smallest absolute Gasteiger partial charge is 0.189 e. The topological polar surface area (TPSA) is 42.9 Å². The molecule has 0 amide bonds. The molecule has 1 unspecified atom stereocenters.